The van der Waals surface area contributed by atoms with Gasteiger partial charge in [-0.3, -0.25) is 9.59 Å². The van der Waals surface area contributed by atoms with Gasteiger partial charge in [-0.1, -0.05) is 0 Å². The van der Waals surface area contributed by atoms with Crippen LogP contribution in [0.3, 0.4) is 0 Å². The van der Waals surface area contributed by atoms with Crippen LogP contribution in [0.5, 0.6) is 0 Å². The van der Waals surface area contributed by atoms with Gasteiger partial charge in [-0.05, 0) is 43.0 Å². The summed E-state index contributed by atoms with van der Waals surface area (Å²) < 4.78 is 5.11. The lowest BCUT2D eigenvalue weighted by Crippen LogP contribution is -2.36. The summed E-state index contributed by atoms with van der Waals surface area (Å²) in [5.41, 5.74) is 1.28. The maximum Gasteiger partial charge on any atom is 0.261 e. The van der Waals surface area contributed by atoms with Gasteiger partial charge in [0.15, 0.2) is 0 Å². The quantitative estimate of drug-likeness (QED) is 0.886. The van der Waals surface area contributed by atoms with E-state index in [2.05, 4.69) is 10.6 Å². The van der Waals surface area contributed by atoms with E-state index >= 15 is 0 Å². The van der Waals surface area contributed by atoms with Gasteiger partial charge in [-0.25, -0.2) is 0 Å². The van der Waals surface area contributed by atoms with Crippen LogP contribution in [0.1, 0.15) is 32.3 Å². The summed E-state index contributed by atoms with van der Waals surface area (Å²) in [4.78, 5) is 25.6. The van der Waals surface area contributed by atoms with Crippen LogP contribution in [-0.2, 0) is 24.2 Å². The normalized spacial score (nSPS) is 13.0. The monoisotopic (exact) mass is 304 g/mol. The minimum absolute atomic E-state index is 0.0257. The third-order valence-electron chi connectivity index (χ3n) is 3.42. The molecule has 1 aliphatic carbocycles. The summed E-state index contributed by atoms with van der Waals surface area (Å²) in [7, 11) is 0. The highest BCUT2D eigenvalue weighted by atomic mass is 32.1. The van der Waals surface area contributed by atoms with Crippen molar-refractivity contribution in [3.63, 3.8) is 0 Å². The predicted molar refractivity (Wildman–Crippen MR) is 79.2 cm³/mol. The van der Waals surface area contributed by atoms with Crippen molar-refractivity contribution >= 4 is 23.2 Å². The first-order chi connectivity index (χ1) is 10.2. The Morgan fingerprint density at radius 2 is 2.19 bits per heavy atom. The molecular formula is C15H16N2O3S. The predicted octanol–water partition coefficient (Wildman–Crippen LogP) is 1.88. The fourth-order valence-corrected chi connectivity index (χ4v) is 3.52. The fraction of sp³-hybridized carbons (Fsp3) is 0.333. The number of aryl methyl sites for hydroxylation is 2. The van der Waals surface area contributed by atoms with Gasteiger partial charge in [-0.15, -0.1) is 11.3 Å². The van der Waals surface area contributed by atoms with Gasteiger partial charge in [0.1, 0.15) is 5.76 Å². The number of amides is 2. The summed E-state index contributed by atoms with van der Waals surface area (Å²) in [5.74, 6) is 0.274. The van der Waals surface area contributed by atoms with Crippen LogP contribution in [0, 0.1) is 0 Å². The van der Waals surface area contributed by atoms with Crippen LogP contribution < -0.4 is 10.6 Å². The average Bonchev–Trinajstić information content (AvgIpc) is 3.17. The van der Waals surface area contributed by atoms with E-state index in [0.717, 1.165) is 12.8 Å². The molecule has 0 atom stereocenters. The largest absolute Gasteiger partial charge is 0.467 e. The summed E-state index contributed by atoms with van der Waals surface area (Å²) in [6.07, 6.45) is 4.86. The van der Waals surface area contributed by atoms with Gasteiger partial charge >= 0.3 is 0 Å². The topological polar surface area (TPSA) is 71.3 Å². The molecule has 1 aliphatic rings. The molecule has 0 aliphatic heterocycles. The van der Waals surface area contributed by atoms with E-state index in [-0.39, 0.29) is 18.4 Å². The average molecular weight is 304 g/mol. The molecule has 0 aromatic carbocycles. The van der Waals surface area contributed by atoms with E-state index in [0.29, 0.717) is 17.2 Å². The number of rotatable bonds is 5. The maximum atomic E-state index is 12.0. The van der Waals surface area contributed by atoms with Crippen molar-refractivity contribution in [1.29, 1.82) is 0 Å². The molecular weight excluding hydrogens is 288 g/mol. The molecule has 0 bridgehead atoms. The van der Waals surface area contributed by atoms with Crippen molar-refractivity contribution in [2.75, 3.05) is 6.54 Å². The summed E-state index contributed by atoms with van der Waals surface area (Å²) >= 11 is 1.53. The number of nitrogens with one attached hydrogen (secondary N) is 2. The van der Waals surface area contributed by atoms with Crippen LogP contribution in [-0.4, -0.2) is 18.4 Å². The Bertz CT molecular complexity index is 624. The molecule has 21 heavy (non-hydrogen) atoms. The summed E-state index contributed by atoms with van der Waals surface area (Å²) in [5, 5.41) is 5.33. The molecule has 0 saturated carbocycles. The molecule has 0 fully saturated rings. The van der Waals surface area contributed by atoms with Crippen LogP contribution >= 0.6 is 11.3 Å². The van der Waals surface area contributed by atoms with Gasteiger partial charge < -0.3 is 15.1 Å². The molecule has 2 aromatic heterocycles. The number of hydrogen-bond donors (Lipinski definition) is 2. The molecule has 0 radical (unpaired) electrons. The number of hydrogen-bond acceptors (Lipinski definition) is 4. The van der Waals surface area contributed by atoms with Gasteiger partial charge in [0.05, 0.1) is 24.2 Å². The molecule has 3 rings (SSSR count). The summed E-state index contributed by atoms with van der Waals surface area (Å²) in [6.45, 7) is 0.303. The van der Waals surface area contributed by atoms with Gasteiger partial charge in [-0.2, -0.15) is 0 Å². The molecule has 2 N–H and O–H groups in total. The van der Waals surface area contributed by atoms with E-state index in [1.165, 1.54) is 28.2 Å². The van der Waals surface area contributed by atoms with E-state index in [4.69, 9.17) is 4.42 Å². The van der Waals surface area contributed by atoms with Crippen molar-refractivity contribution < 1.29 is 14.0 Å². The Hall–Kier alpha value is -2.08. The fourth-order valence-electron chi connectivity index (χ4n) is 2.35. The van der Waals surface area contributed by atoms with Crippen molar-refractivity contribution in [3.05, 3.63) is 45.5 Å². The zero-order chi connectivity index (χ0) is 14.7. The van der Waals surface area contributed by atoms with Crippen LogP contribution in [0.25, 0.3) is 0 Å². The van der Waals surface area contributed by atoms with E-state index in [1.807, 2.05) is 6.07 Å². The lowest BCUT2D eigenvalue weighted by molar-refractivity contribution is -0.120. The summed E-state index contributed by atoms with van der Waals surface area (Å²) in [6, 6.07) is 5.49. The molecule has 6 heteroatoms. The van der Waals surface area contributed by atoms with E-state index in [1.54, 1.807) is 18.4 Å². The molecule has 110 valence electrons. The van der Waals surface area contributed by atoms with E-state index < -0.39 is 0 Å². The standard InChI is InChI=1S/C15H16N2O3S/c18-14(16-8-11-4-2-6-20-11)9-17-15(19)13-7-10-3-1-5-12(10)21-13/h2,4,6-7H,1,3,5,8-9H2,(H,16,18)(H,17,19). The Labute approximate surface area is 126 Å². The Balaban J connectivity index is 1.45. The second-order valence-corrected chi connectivity index (χ2v) is 6.09. The SMILES string of the molecule is O=C(CNC(=O)c1cc2c(s1)CCC2)NCc1ccco1. The van der Waals surface area contributed by atoms with Gasteiger partial charge in [0.2, 0.25) is 5.91 Å². The first-order valence-electron chi connectivity index (χ1n) is 6.91. The Morgan fingerprint density at radius 1 is 1.29 bits per heavy atom. The van der Waals surface area contributed by atoms with Crippen LogP contribution in [0.2, 0.25) is 0 Å². The number of carbonyl (C=O) groups is 2. The number of carbonyl (C=O) groups excluding carboxylic acids is 2. The third-order valence-corrected chi connectivity index (χ3v) is 4.66. The molecule has 2 aromatic rings. The number of fused-ring (bicyclic) bond motifs is 1. The molecule has 2 heterocycles. The lowest BCUT2D eigenvalue weighted by atomic mass is 10.2. The van der Waals surface area contributed by atoms with Crippen molar-refractivity contribution in [2.24, 2.45) is 0 Å². The molecule has 5 nitrogen and oxygen atoms in total. The third kappa shape index (κ3) is 3.33. The second-order valence-electron chi connectivity index (χ2n) is 4.95. The highest BCUT2D eigenvalue weighted by molar-refractivity contribution is 7.14. The lowest BCUT2D eigenvalue weighted by Gasteiger charge is -2.04. The Morgan fingerprint density at radius 3 is 2.95 bits per heavy atom. The first kappa shape index (κ1) is 13.9. The molecule has 0 saturated heterocycles. The second kappa shape index (κ2) is 6.13. The van der Waals surface area contributed by atoms with Crippen molar-refractivity contribution in [3.8, 4) is 0 Å². The minimum atomic E-state index is -0.233. The molecule has 0 unspecified atom stereocenters. The van der Waals surface area contributed by atoms with Crippen LogP contribution in [0.4, 0.5) is 0 Å². The highest BCUT2D eigenvalue weighted by Gasteiger charge is 2.18. The van der Waals surface area contributed by atoms with E-state index in [9.17, 15) is 9.59 Å². The highest BCUT2D eigenvalue weighted by Crippen LogP contribution is 2.30. The minimum Gasteiger partial charge on any atom is -0.467 e. The Kier molecular flexibility index (Phi) is 4.06. The molecule has 0 spiro atoms. The van der Waals surface area contributed by atoms with Gasteiger partial charge in [0, 0.05) is 4.88 Å². The zero-order valence-electron chi connectivity index (χ0n) is 11.5. The smallest absolute Gasteiger partial charge is 0.261 e. The zero-order valence-corrected chi connectivity index (χ0v) is 12.3. The van der Waals surface area contributed by atoms with Crippen molar-refractivity contribution in [1.82, 2.24) is 10.6 Å². The van der Waals surface area contributed by atoms with Crippen molar-refractivity contribution in [2.45, 2.75) is 25.8 Å². The molecule has 2 amide bonds. The van der Waals surface area contributed by atoms with Gasteiger partial charge in [0.25, 0.3) is 5.91 Å². The van der Waals surface area contributed by atoms with Crippen LogP contribution in [0.15, 0.2) is 28.9 Å². The maximum absolute atomic E-state index is 12.0. The first-order valence-corrected chi connectivity index (χ1v) is 7.73. The number of furan rings is 1. The number of thiophene rings is 1.